The number of aromatic nitrogens is 3. The van der Waals surface area contributed by atoms with Crippen LogP contribution in [0.5, 0.6) is 0 Å². The van der Waals surface area contributed by atoms with Crippen LogP contribution in [-0.4, -0.2) is 26.8 Å². The first kappa shape index (κ1) is 17.0. The summed E-state index contributed by atoms with van der Waals surface area (Å²) in [5.41, 5.74) is 3.89. The molecule has 2 aromatic heterocycles. The van der Waals surface area contributed by atoms with E-state index in [1.807, 2.05) is 65.0 Å². The average molecular weight is 336 g/mol. The molecule has 1 N–H and O–H groups in total. The summed E-state index contributed by atoms with van der Waals surface area (Å²) in [6.07, 6.45) is 3.96. The highest BCUT2D eigenvalue weighted by atomic mass is 16.1. The van der Waals surface area contributed by atoms with Crippen LogP contribution in [-0.2, 0) is 6.54 Å². The Bertz CT molecular complexity index is 831. The number of nitrogens with one attached hydrogen (secondary N) is 1. The van der Waals surface area contributed by atoms with Gasteiger partial charge in [0.05, 0.1) is 5.69 Å². The summed E-state index contributed by atoms with van der Waals surface area (Å²) in [6, 6.07) is 13.6. The smallest absolute Gasteiger partial charge is 0.251 e. The molecule has 5 heteroatoms. The van der Waals surface area contributed by atoms with Crippen molar-refractivity contribution in [2.45, 2.75) is 27.3 Å². The van der Waals surface area contributed by atoms with Gasteiger partial charge in [-0.05, 0) is 62.2 Å². The fourth-order valence-corrected chi connectivity index (χ4v) is 2.88. The van der Waals surface area contributed by atoms with Gasteiger partial charge in [-0.3, -0.25) is 9.48 Å². The van der Waals surface area contributed by atoms with Gasteiger partial charge in [0, 0.05) is 42.4 Å². The van der Waals surface area contributed by atoms with Gasteiger partial charge in [-0.2, -0.15) is 5.10 Å². The number of benzene rings is 1. The van der Waals surface area contributed by atoms with E-state index in [1.54, 1.807) is 0 Å². The molecule has 0 radical (unpaired) electrons. The molecule has 0 fully saturated rings. The van der Waals surface area contributed by atoms with Crippen LogP contribution in [0.15, 0.2) is 54.9 Å². The number of carbonyl (C=O) groups is 1. The Hall–Kier alpha value is -2.82. The molecule has 0 aliphatic heterocycles. The van der Waals surface area contributed by atoms with Crippen molar-refractivity contribution < 1.29 is 4.79 Å². The van der Waals surface area contributed by atoms with E-state index in [1.165, 1.54) is 0 Å². The Kier molecular flexibility index (Phi) is 5.03. The normalized spacial score (nSPS) is 12.1. The molecule has 5 nitrogen and oxygen atoms in total. The highest BCUT2D eigenvalue weighted by Gasteiger charge is 2.10. The van der Waals surface area contributed by atoms with Crippen LogP contribution in [0.2, 0.25) is 0 Å². The molecule has 0 bridgehead atoms. The molecule has 0 aliphatic carbocycles. The zero-order chi connectivity index (χ0) is 17.8. The van der Waals surface area contributed by atoms with E-state index in [9.17, 15) is 4.79 Å². The maximum absolute atomic E-state index is 12.3. The molecular formula is C20H24N4O. The van der Waals surface area contributed by atoms with Crippen molar-refractivity contribution in [3.05, 3.63) is 71.8 Å². The second-order valence-corrected chi connectivity index (χ2v) is 6.56. The lowest BCUT2D eigenvalue weighted by Crippen LogP contribution is -2.30. The molecule has 25 heavy (non-hydrogen) atoms. The third-order valence-corrected chi connectivity index (χ3v) is 4.23. The van der Waals surface area contributed by atoms with Crippen LogP contribution >= 0.6 is 0 Å². The van der Waals surface area contributed by atoms with Gasteiger partial charge in [-0.15, -0.1) is 0 Å². The monoisotopic (exact) mass is 336 g/mol. The van der Waals surface area contributed by atoms with Crippen molar-refractivity contribution in [1.29, 1.82) is 0 Å². The molecule has 1 amide bonds. The van der Waals surface area contributed by atoms with Gasteiger partial charge in [0.1, 0.15) is 0 Å². The number of hydrogen-bond acceptors (Lipinski definition) is 2. The molecule has 1 atom stereocenters. The van der Waals surface area contributed by atoms with Crippen LogP contribution in [0, 0.1) is 19.8 Å². The van der Waals surface area contributed by atoms with Gasteiger partial charge in [0.15, 0.2) is 0 Å². The van der Waals surface area contributed by atoms with E-state index in [0.29, 0.717) is 18.0 Å². The lowest BCUT2D eigenvalue weighted by atomic mass is 10.1. The van der Waals surface area contributed by atoms with E-state index in [0.717, 1.165) is 23.6 Å². The van der Waals surface area contributed by atoms with E-state index in [-0.39, 0.29) is 5.91 Å². The van der Waals surface area contributed by atoms with E-state index in [4.69, 9.17) is 0 Å². The SMILES string of the molecule is Cc1cc(C)n(C[C@@H](C)CNC(=O)c2ccc(-n3cccc3)cc2)n1. The molecule has 3 aromatic rings. The van der Waals surface area contributed by atoms with Crippen molar-refractivity contribution in [3.8, 4) is 5.69 Å². The first-order valence-electron chi connectivity index (χ1n) is 8.55. The molecule has 0 unspecified atom stereocenters. The highest BCUT2D eigenvalue weighted by Crippen LogP contribution is 2.10. The van der Waals surface area contributed by atoms with Crippen LogP contribution in [0.4, 0.5) is 0 Å². The lowest BCUT2D eigenvalue weighted by Gasteiger charge is -2.14. The second-order valence-electron chi connectivity index (χ2n) is 6.56. The Labute approximate surface area is 148 Å². The summed E-state index contributed by atoms with van der Waals surface area (Å²) in [4.78, 5) is 12.3. The minimum Gasteiger partial charge on any atom is -0.352 e. The maximum atomic E-state index is 12.3. The number of nitrogens with zero attached hydrogens (tertiary/aromatic N) is 3. The van der Waals surface area contributed by atoms with Gasteiger partial charge < -0.3 is 9.88 Å². The largest absolute Gasteiger partial charge is 0.352 e. The fraction of sp³-hybridized carbons (Fsp3) is 0.300. The summed E-state index contributed by atoms with van der Waals surface area (Å²) >= 11 is 0. The van der Waals surface area contributed by atoms with E-state index >= 15 is 0 Å². The first-order chi connectivity index (χ1) is 12.0. The molecule has 2 heterocycles. The van der Waals surface area contributed by atoms with Crippen molar-refractivity contribution in [2.24, 2.45) is 5.92 Å². The van der Waals surface area contributed by atoms with Crippen molar-refractivity contribution >= 4 is 5.91 Å². The topological polar surface area (TPSA) is 51.9 Å². The molecule has 0 saturated carbocycles. The zero-order valence-corrected chi connectivity index (χ0v) is 14.9. The minimum absolute atomic E-state index is 0.0423. The summed E-state index contributed by atoms with van der Waals surface area (Å²) in [5, 5.41) is 7.48. The third-order valence-electron chi connectivity index (χ3n) is 4.23. The lowest BCUT2D eigenvalue weighted by molar-refractivity contribution is 0.0946. The van der Waals surface area contributed by atoms with Crippen LogP contribution < -0.4 is 5.32 Å². The molecule has 0 saturated heterocycles. The highest BCUT2D eigenvalue weighted by molar-refractivity contribution is 5.94. The van der Waals surface area contributed by atoms with E-state index < -0.39 is 0 Å². The first-order valence-corrected chi connectivity index (χ1v) is 8.55. The van der Waals surface area contributed by atoms with E-state index in [2.05, 4.69) is 30.3 Å². The third kappa shape index (κ3) is 4.18. The number of carbonyl (C=O) groups excluding carboxylic acids is 1. The Morgan fingerprint density at radius 2 is 1.84 bits per heavy atom. The number of rotatable bonds is 6. The van der Waals surface area contributed by atoms with Crippen LogP contribution in [0.25, 0.3) is 5.69 Å². The summed E-state index contributed by atoms with van der Waals surface area (Å²) in [7, 11) is 0. The van der Waals surface area contributed by atoms with Crippen molar-refractivity contribution in [3.63, 3.8) is 0 Å². The average Bonchev–Trinajstić information content (AvgIpc) is 3.23. The molecule has 130 valence electrons. The number of hydrogen-bond donors (Lipinski definition) is 1. The maximum Gasteiger partial charge on any atom is 0.251 e. The molecule has 3 rings (SSSR count). The zero-order valence-electron chi connectivity index (χ0n) is 14.9. The molecule has 1 aromatic carbocycles. The number of aryl methyl sites for hydroxylation is 2. The summed E-state index contributed by atoms with van der Waals surface area (Å²) in [5.74, 6) is 0.264. The molecular weight excluding hydrogens is 312 g/mol. The Balaban J connectivity index is 1.54. The predicted molar refractivity (Wildman–Crippen MR) is 99.0 cm³/mol. The number of amides is 1. The molecule has 0 aliphatic rings. The quantitative estimate of drug-likeness (QED) is 0.750. The van der Waals surface area contributed by atoms with Crippen LogP contribution in [0.3, 0.4) is 0 Å². The van der Waals surface area contributed by atoms with Gasteiger partial charge in [0.2, 0.25) is 0 Å². The van der Waals surface area contributed by atoms with Gasteiger partial charge in [-0.25, -0.2) is 0 Å². The standard InChI is InChI=1S/C20H24N4O/c1-15(14-24-17(3)12-16(2)22-24)13-21-20(25)18-6-8-19(9-7-18)23-10-4-5-11-23/h4-12,15H,13-14H2,1-3H3,(H,21,25)/t15-/m0/s1. The van der Waals surface area contributed by atoms with Crippen molar-refractivity contribution in [2.75, 3.05) is 6.54 Å². The fourth-order valence-electron chi connectivity index (χ4n) is 2.88. The summed E-state index contributed by atoms with van der Waals surface area (Å²) < 4.78 is 4.01. The van der Waals surface area contributed by atoms with Crippen LogP contribution in [0.1, 0.15) is 28.7 Å². The Morgan fingerprint density at radius 1 is 1.16 bits per heavy atom. The van der Waals surface area contributed by atoms with Gasteiger partial charge in [0.25, 0.3) is 5.91 Å². The van der Waals surface area contributed by atoms with Crippen molar-refractivity contribution in [1.82, 2.24) is 19.7 Å². The Morgan fingerprint density at radius 3 is 2.44 bits per heavy atom. The second kappa shape index (κ2) is 7.38. The molecule has 0 spiro atoms. The van der Waals surface area contributed by atoms with Gasteiger partial charge >= 0.3 is 0 Å². The minimum atomic E-state index is -0.0423. The summed E-state index contributed by atoms with van der Waals surface area (Å²) in [6.45, 7) is 7.58. The van der Waals surface area contributed by atoms with Gasteiger partial charge in [-0.1, -0.05) is 6.92 Å². The predicted octanol–water partition coefficient (Wildman–Crippen LogP) is 3.36.